The van der Waals surface area contributed by atoms with Crippen LogP contribution in [0.1, 0.15) is 24.1 Å². The molecule has 3 nitrogen and oxygen atoms in total. The number of hydrogen-bond donors (Lipinski definition) is 3. The van der Waals surface area contributed by atoms with Crippen LogP contribution in [0.2, 0.25) is 0 Å². The molecule has 0 heterocycles. The fourth-order valence-corrected chi connectivity index (χ4v) is 2.90. The molecule has 0 radical (unpaired) electrons. The Kier molecular flexibility index (Phi) is 11.1. The van der Waals surface area contributed by atoms with Crippen LogP contribution in [0.5, 0.6) is 0 Å². The van der Waals surface area contributed by atoms with Gasteiger partial charge in [-0.25, -0.2) is 0 Å². The van der Waals surface area contributed by atoms with Crippen molar-refractivity contribution in [3.05, 3.63) is 69.3 Å². The second-order valence-corrected chi connectivity index (χ2v) is 6.46. The zero-order valence-electron chi connectivity index (χ0n) is 12.9. The molecule has 23 heavy (non-hydrogen) atoms. The van der Waals surface area contributed by atoms with Gasteiger partial charge >= 0.3 is 0 Å². The first-order valence-electron chi connectivity index (χ1n) is 7.04. The second-order valence-electron chi connectivity index (χ2n) is 5.22. The minimum Gasteiger partial charge on any atom is -0.392 e. The highest BCUT2D eigenvalue weighted by molar-refractivity contribution is 14.1. The normalized spacial score (nSPS) is 14.1. The van der Waals surface area contributed by atoms with Crippen molar-refractivity contribution >= 4 is 47.4 Å². The van der Waals surface area contributed by atoms with Crippen molar-refractivity contribution in [2.24, 2.45) is 5.73 Å². The number of benzene rings is 2. The molecule has 0 aromatic heterocycles. The number of aliphatic hydroxyl groups is 1. The molecule has 0 bridgehead atoms. The van der Waals surface area contributed by atoms with Gasteiger partial charge in [-0.1, -0.05) is 42.5 Å². The summed E-state index contributed by atoms with van der Waals surface area (Å²) in [5, 5.41) is 13.3. The van der Waals surface area contributed by atoms with Gasteiger partial charge in [-0.05, 0) is 52.8 Å². The lowest BCUT2D eigenvalue weighted by Gasteiger charge is -2.27. The Morgan fingerprint density at radius 3 is 2.30 bits per heavy atom. The number of nitrogens with two attached hydrogens (primary N) is 1. The van der Waals surface area contributed by atoms with Crippen molar-refractivity contribution in [1.29, 1.82) is 0 Å². The minimum atomic E-state index is -0.571. The van der Waals surface area contributed by atoms with Crippen LogP contribution in [0.25, 0.3) is 0 Å². The van der Waals surface area contributed by atoms with Gasteiger partial charge in [0.2, 0.25) is 0 Å². The molecule has 4 N–H and O–H groups in total. The molecule has 3 atom stereocenters. The van der Waals surface area contributed by atoms with Crippen LogP contribution in [-0.4, -0.2) is 17.3 Å². The Morgan fingerprint density at radius 1 is 1.09 bits per heavy atom. The first-order chi connectivity index (χ1) is 10.1. The van der Waals surface area contributed by atoms with Crippen molar-refractivity contribution < 1.29 is 5.11 Å². The van der Waals surface area contributed by atoms with E-state index in [0.29, 0.717) is 0 Å². The van der Waals surface area contributed by atoms with E-state index in [0.717, 1.165) is 12.1 Å². The number of halogens is 3. The van der Waals surface area contributed by atoms with Gasteiger partial charge in [-0.15, -0.1) is 24.8 Å². The highest BCUT2D eigenvalue weighted by Gasteiger charge is 2.23. The summed E-state index contributed by atoms with van der Waals surface area (Å²) in [6, 6.07) is 17.9. The standard InChI is InChI=1S/C17H21IN2O.2ClH/c1-12(21)16(19)17(14-7-3-2-4-8-14)20-11-13-6-5-9-15(18)10-13;;/h2-10,12,16-17,20-21H,11,19H2,1H3;2*1H/t12-,16-,17?;;/m1../s1. The first kappa shape index (κ1) is 22.6. The third kappa shape index (κ3) is 6.95. The molecule has 6 heteroatoms. The smallest absolute Gasteiger partial charge is 0.0681 e. The van der Waals surface area contributed by atoms with Crippen molar-refractivity contribution in [2.45, 2.75) is 31.7 Å². The van der Waals surface area contributed by atoms with E-state index in [1.54, 1.807) is 6.92 Å². The Balaban J connectivity index is 0.00000242. The maximum atomic E-state index is 9.83. The fraction of sp³-hybridized carbons (Fsp3) is 0.294. The molecule has 2 aromatic rings. The van der Waals surface area contributed by atoms with Crippen LogP contribution < -0.4 is 11.1 Å². The summed E-state index contributed by atoms with van der Waals surface area (Å²) < 4.78 is 1.21. The van der Waals surface area contributed by atoms with Gasteiger partial charge in [0.05, 0.1) is 12.1 Å². The lowest BCUT2D eigenvalue weighted by Crippen LogP contribution is -2.44. The SMILES string of the molecule is C[C@@H](O)[C@@H](N)C(NCc1cccc(I)c1)c1ccccc1.Cl.Cl. The maximum Gasteiger partial charge on any atom is 0.0681 e. The zero-order valence-corrected chi connectivity index (χ0v) is 16.6. The van der Waals surface area contributed by atoms with Crippen LogP contribution in [0.15, 0.2) is 54.6 Å². The second kappa shape index (κ2) is 11.2. The van der Waals surface area contributed by atoms with E-state index < -0.39 is 6.10 Å². The number of nitrogens with one attached hydrogen (secondary N) is 1. The molecule has 0 aliphatic rings. The topological polar surface area (TPSA) is 58.3 Å². The summed E-state index contributed by atoms with van der Waals surface area (Å²) in [6.45, 7) is 2.45. The Morgan fingerprint density at radius 2 is 1.74 bits per heavy atom. The quantitative estimate of drug-likeness (QED) is 0.567. The van der Waals surface area contributed by atoms with Gasteiger partial charge in [0.15, 0.2) is 0 Å². The fourth-order valence-electron chi connectivity index (χ4n) is 2.29. The van der Waals surface area contributed by atoms with Crippen LogP contribution in [0.3, 0.4) is 0 Å². The lowest BCUT2D eigenvalue weighted by molar-refractivity contribution is 0.142. The molecule has 0 aliphatic heterocycles. The van der Waals surface area contributed by atoms with Gasteiger partial charge in [-0.2, -0.15) is 0 Å². The van der Waals surface area contributed by atoms with E-state index >= 15 is 0 Å². The Labute approximate surface area is 164 Å². The number of rotatable bonds is 6. The highest BCUT2D eigenvalue weighted by Crippen LogP contribution is 2.19. The highest BCUT2D eigenvalue weighted by atomic mass is 127. The molecule has 0 aliphatic carbocycles. The van der Waals surface area contributed by atoms with E-state index in [-0.39, 0.29) is 36.9 Å². The minimum absolute atomic E-state index is 0. The monoisotopic (exact) mass is 468 g/mol. The molecule has 0 saturated heterocycles. The van der Waals surface area contributed by atoms with Crippen molar-refractivity contribution in [3.8, 4) is 0 Å². The average molecular weight is 469 g/mol. The van der Waals surface area contributed by atoms with E-state index in [1.807, 2.05) is 36.4 Å². The summed E-state index contributed by atoms with van der Waals surface area (Å²) in [5.41, 5.74) is 8.48. The van der Waals surface area contributed by atoms with Crippen LogP contribution >= 0.6 is 47.4 Å². The summed E-state index contributed by atoms with van der Waals surface area (Å²) in [4.78, 5) is 0. The third-order valence-electron chi connectivity index (χ3n) is 3.52. The van der Waals surface area contributed by atoms with Gasteiger partial charge in [0.1, 0.15) is 0 Å². The zero-order chi connectivity index (χ0) is 15.2. The molecule has 1 unspecified atom stereocenters. The van der Waals surface area contributed by atoms with Gasteiger partial charge in [0, 0.05) is 16.2 Å². The van der Waals surface area contributed by atoms with Crippen molar-refractivity contribution in [1.82, 2.24) is 5.32 Å². The molecular weight excluding hydrogens is 446 g/mol. The summed E-state index contributed by atoms with van der Waals surface area (Å²) in [5.74, 6) is 0. The van der Waals surface area contributed by atoms with Gasteiger partial charge in [0.25, 0.3) is 0 Å². The molecule has 2 aromatic carbocycles. The third-order valence-corrected chi connectivity index (χ3v) is 4.19. The molecule has 0 saturated carbocycles. The van der Waals surface area contributed by atoms with E-state index in [2.05, 4.69) is 46.1 Å². The average Bonchev–Trinajstić information content (AvgIpc) is 2.48. The van der Waals surface area contributed by atoms with Crippen LogP contribution in [0.4, 0.5) is 0 Å². The predicted molar refractivity (Wildman–Crippen MR) is 109 cm³/mol. The van der Waals surface area contributed by atoms with E-state index in [9.17, 15) is 5.11 Å². The summed E-state index contributed by atoms with van der Waals surface area (Å²) in [7, 11) is 0. The number of hydrogen-bond acceptors (Lipinski definition) is 3. The summed E-state index contributed by atoms with van der Waals surface area (Å²) in [6.07, 6.45) is -0.571. The molecular formula is C17H23Cl2IN2O. The molecule has 0 fully saturated rings. The van der Waals surface area contributed by atoms with Crippen LogP contribution in [0, 0.1) is 3.57 Å². The van der Waals surface area contributed by atoms with Crippen LogP contribution in [-0.2, 0) is 6.54 Å². The predicted octanol–water partition coefficient (Wildman–Crippen LogP) is 3.67. The largest absolute Gasteiger partial charge is 0.392 e. The van der Waals surface area contributed by atoms with E-state index in [1.165, 1.54) is 9.13 Å². The number of aliphatic hydroxyl groups excluding tert-OH is 1. The first-order valence-corrected chi connectivity index (χ1v) is 8.12. The molecule has 0 spiro atoms. The molecule has 2 rings (SSSR count). The Bertz CT molecular complexity index is 570. The molecule has 0 amide bonds. The van der Waals surface area contributed by atoms with Gasteiger partial charge in [-0.3, -0.25) is 0 Å². The van der Waals surface area contributed by atoms with E-state index in [4.69, 9.17) is 5.73 Å². The summed E-state index contributed by atoms with van der Waals surface area (Å²) >= 11 is 2.31. The lowest BCUT2D eigenvalue weighted by atomic mass is 9.96. The Hall–Kier alpha value is -0.370. The van der Waals surface area contributed by atoms with Gasteiger partial charge < -0.3 is 16.2 Å². The molecule has 128 valence electrons. The maximum absolute atomic E-state index is 9.83. The van der Waals surface area contributed by atoms with Crippen molar-refractivity contribution in [2.75, 3.05) is 0 Å². The van der Waals surface area contributed by atoms with Crippen molar-refractivity contribution in [3.63, 3.8) is 0 Å².